The second-order valence-electron chi connectivity index (χ2n) is 3.44. The molecule has 13 heavy (non-hydrogen) atoms. The summed E-state index contributed by atoms with van der Waals surface area (Å²) in [6, 6.07) is 8.29. The molecule has 1 aromatic carbocycles. The Hall–Kier alpha value is -1.02. The summed E-state index contributed by atoms with van der Waals surface area (Å²) in [4.78, 5) is 0. The Balaban J connectivity index is 2.11. The lowest BCUT2D eigenvalue weighted by Gasteiger charge is -2.25. The van der Waals surface area contributed by atoms with E-state index >= 15 is 0 Å². The summed E-state index contributed by atoms with van der Waals surface area (Å²) >= 11 is 0. The molecular weight excluding hydrogens is 162 g/mol. The maximum absolute atomic E-state index is 5.81. The van der Waals surface area contributed by atoms with Crippen LogP contribution in [0.5, 0.6) is 5.75 Å². The minimum absolute atomic E-state index is 0.347. The van der Waals surface area contributed by atoms with Gasteiger partial charge in [0, 0.05) is 6.54 Å². The Bertz CT molecular complexity index is 285. The summed E-state index contributed by atoms with van der Waals surface area (Å²) in [6.07, 6.45) is 2.61. The molecule has 0 aliphatic carbocycles. The van der Waals surface area contributed by atoms with Crippen LogP contribution in [0.3, 0.4) is 0 Å². The van der Waals surface area contributed by atoms with Crippen molar-refractivity contribution in [3.05, 3.63) is 29.8 Å². The van der Waals surface area contributed by atoms with Crippen molar-refractivity contribution >= 4 is 0 Å². The molecule has 1 atom stereocenters. The van der Waals surface area contributed by atoms with Gasteiger partial charge in [-0.25, -0.2) is 0 Å². The minimum Gasteiger partial charge on any atom is -0.489 e. The molecule has 1 unspecified atom stereocenters. The molecule has 1 aliphatic heterocycles. The summed E-state index contributed by atoms with van der Waals surface area (Å²) in [5.74, 6) is 1.06. The highest BCUT2D eigenvalue weighted by Crippen LogP contribution is 2.26. The zero-order valence-electron chi connectivity index (χ0n) is 7.92. The number of likely N-dealkylation sites (N-methyl/N-ethyl adjacent to an activating group) is 1. The van der Waals surface area contributed by atoms with Gasteiger partial charge in [-0.2, -0.15) is 0 Å². The molecule has 0 bridgehead atoms. The fraction of sp³-hybridized carbons (Fsp3) is 0.455. The number of para-hydroxylation sites is 1. The number of ether oxygens (including phenoxy) is 1. The van der Waals surface area contributed by atoms with E-state index in [1.807, 2.05) is 13.1 Å². The van der Waals surface area contributed by atoms with Gasteiger partial charge >= 0.3 is 0 Å². The van der Waals surface area contributed by atoms with E-state index in [-0.39, 0.29) is 0 Å². The van der Waals surface area contributed by atoms with E-state index in [0.717, 1.165) is 25.1 Å². The first kappa shape index (κ1) is 8.57. The maximum atomic E-state index is 5.81. The van der Waals surface area contributed by atoms with Crippen LogP contribution in [0.4, 0.5) is 0 Å². The summed E-state index contributed by atoms with van der Waals surface area (Å²) in [5.41, 5.74) is 1.34. The van der Waals surface area contributed by atoms with E-state index in [0.29, 0.717) is 6.10 Å². The van der Waals surface area contributed by atoms with Crippen molar-refractivity contribution in [1.29, 1.82) is 0 Å². The van der Waals surface area contributed by atoms with E-state index in [2.05, 4.69) is 23.5 Å². The van der Waals surface area contributed by atoms with Gasteiger partial charge < -0.3 is 10.1 Å². The normalized spacial score (nSPS) is 20.5. The first-order valence-corrected chi connectivity index (χ1v) is 4.79. The second-order valence-corrected chi connectivity index (χ2v) is 3.44. The van der Waals surface area contributed by atoms with Crippen LogP contribution in [0.15, 0.2) is 24.3 Å². The predicted molar refractivity (Wildman–Crippen MR) is 53.1 cm³/mol. The zero-order valence-corrected chi connectivity index (χ0v) is 7.92. The van der Waals surface area contributed by atoms with Crippen molar-refractivity contribution in [2.45, 2.75) is 18.9 Å². The molecule has 0 amide bonds. The van der Waals surface area contributed by atoms with Crippen LogP contribution >= 0.6 is 0 Å². The standard InChI is InChI=1S/C11H15NO/c1-12-8-10-7-6-9-4-2-3-5-11(9)13-10/h2-5,10,12H,6-8H2,1H3. The van der Waals surface area contributed by atoms with Crippen molar-refractivity contribution in [3.63, 3.8) is 0 Å². The van der Waals surface area contributed by atoms with Crippen LogP contribution in [0.25, 0.3) is 0 Å². The molecule has 1 aliphatic rings. The van der Waals surface area contributed by atoms with Crippen molar-refractivity contribution < 1.29 is 4.74 Å². The number of hydrogen-bond acceptors (Lipinski definition) is 2. The number of aryl methyl sites for hydroxylation is 1. The molecule has 0 saturated heterocycles. The lowest BCUT2D eigenvalue weighted by atomic mass is 10.0. The molecule has 1 N–H and O–H groups in total. The summed E-state index contributed by atoms with van der Waals surface area (Å²) < 4.78 is 5.81. The second kappa shape index (κ2) is 3.79. The van der Waals surface area contributed by atoms with Crippen LogP contribution in [0, 0.1) is 0 Å². The van der Waals surface area contributed by atoms with Crippen molar-refractivity contribution in [2.24, 2.45) is 0 Å². The first-order chi connectivity index (χ1) is 6.40. The average molecular weight is 177 g/mol. The van der Waals surface area contributed by atoms with E-state index < -0.39 is 0 Å². The Morgan fingerprint density at radius 2 is 2.31 bits per heavy atom. The maximum Gasteiger partial charge on any atom is 0.122 e. The van der Waals surface area contributed by atoms with Crippen LogP contribution < -0.4 is 10.1 Å². The Kier molecular flexibility index (Phi) is 2.50. The predicted octanol–water partition coefficient (Wildman–Crippen LogP) is 1.60. The van der Waals surface area contributed by atoms with Gasteiger partial charge in [-0.3, -0.25) is 0 Å². The van der Waals surface area contributed by atoms with E-state index in [9.17, 15) is 0 Å². The third-order valence-electron chi connectivity index (χ3n) is 2.43. The van der Waals surface area contributed by atoms with E-state index in [1.165, 1.54) is 5.56 Å². The molecule has 1 heterocycles. The lowest BCUT2D eigenvalue weighted by Crippen LogP contribution is -2.32. The third kappa shape index (κ3) is 1.83. The van der Waals surface area contributed by atoms with Gasteiger partial charge in [0.2, 0.25) is 0 Å². The molecule has 2 rings (SSSR count). The van der Waals surface area contributed by atoms with E-state index in [4.69, 9.17) is 4.74 Å². The molecule has 1 aromatic rings. The zero-order chi connectivity index (χ0) is 9.10. The van der Waals surface area contributed by atoms with Gasteiger partial charge in [-0.1, -0.05) is 18.2 Å². The SMILES string of the molecule is CNCC1CCc2ccccc2O1. The minimum atomic E-state index is 0.347. The van der Waals surface area contributed by atoms with Crippen molar-refractivity contribution in [2.75, 3.05) is 13.6 Å². The topological polar surface area (TPSA) is 21.3 Å². The fourth-order valence-corrected chi connectivity index (χ4v) is 1.75. The number of nitrogens with one attached hydrogen (secondary N) is 1. The summed E-state index contributed by atoms with van der Waals surface area (Å²) in [5, 5.41) is 3.14. The highest BCUT2D eigenvalue weighted by Gasteiger charge is 2.17. The highest BCUT2D eigenvalue weighted by atomic mass is 16.5. The number of fused-ring (bicyclic) bond motifs is 1. The number of hydrogen-bond donors (Lipinski definition) is 1. The fourth-order valence-electron chi connectivity index (χ4n) is 1.75. The Labute approximate surface area is 78.9 Å². The largest absolute Gasteiger partial charge is 0.489 e. The van der Waals surface area contributed by atoms with Crippen molar-refractivity contribution in [3.8, 4) is 5.75 Å². The molecular formula is C11H15NO. The van der Waals surface area contributed by atoms with Crippen LogP contribution in [0.1, 0.15) is 12.0 Å². The molecule has 0 fully saturated rings. The number of benzene rings is 1. The number of rotatable bonds is 2. The van der Waals surface area contributed by atoms with Gasteiger partial charge in [0.15, 0.2) is 0 Å². The molecule has 2 nitrogen and oxygen atoms in total. The first-order valence-electron chi connectivity index (χ1n) is 4.79. The molecule has 70 valence electrons. The Morgan fingerprint density at radius 3 is 3.15 bits per heavy atom. The van der Waals surface area contributed by atoms with Gasteiger partial charge in [0.05, 0.1) is 0 Å². The smallest absolute Gasteiger partial charge is 0.122 e. The molecule has 2 heteroatoms. The van der Waals surface area contributed by atoms with E-state index in [1.54, 1.807) is 0 Å². The summed E-state index contributed by atoms with van der Waals surface area (Å²) in [6.45, 7) is 0.939. The molecule has 0 spiro atoms. The lowest BCUT2D eigenvalue weighted by molar-refractivity contribution is 0.173. The summed E-state index contributed by atoms with van der Waals surface area (Å²) in [7, 11) is 1.96. The quantitative estimate of drug-likeness (QED) is 0.741. The van der Waals surface area contributed by atoms with Crippen molar-refractivity contribution in [1.82, 2.24) is 5.32 Å². The van der Waals surface area contributed by atoms with Crippen LogP contribution in [-0.4, -0.2) is 19.7 Å². The molecule has 0 aromatic heterocycles. The van der Waals surface area contributed by atoms with Gasteiger partial charge in [-0.05, 0) is 31.5 Å². The van der Waals surface area contributed by atoms with Gasteiger partial charge in [0.25, 0.3) is 0 Å². The monoisotopic (exact) mass is 177 g/mol. The third-order valence-corrected chi connectivity index (χ3v) is 2.43. The van der Waals surface area contributed by atoms with Crippen LogP contribution in [-0.2, 0) is 6.42 Å². The van der Waals surface area contributed by atoms with Gasteiger partial charge in [-0.15, -0.1) is 0 Å². The highest BCUT2D eigenvalue weighted by molar-refractivity contribution is 5.35. The van der Waals surface area contributed by atoms with Crippen LogP contribution in [0.2, 0.25) is 0 Å². The molecule has 0 saturated carbocycles. The van der Waals surface area contributed by atoms with Gasteiger partial charge in [0.1, 0.15) is 11.9 Å². The average Bonchev–Trinajstić information content (AvgIpc) is 2.18. The Morgan fingerprint density at radius 1 is 1.46 bits per heavy atom. The molecule has 0 radical (unpaired) electrons.